The molecule has 1 aromatic heterocycles. The highest BCUT2D eigenvalue weighted by atomic mass is 35.5. The molecule has 0 radical (unpaired) electrons. The largest absolute Gasteiger partial charge is 0.321 e. The topological polar surface area (TPSA) is 38.9 Å². The van der Waals surface area contributed by atoms with Crippen LogP contribution in [0.25, 0.3) is 0 Å². The molecule has 0 amide bonds. The summed E-state index contributed by atoms with van der Waals surface area (Å²) in [5.41, 5.74) is 6.91. The Balaban J connectivity index is 2.39. The maximum Gasteiger partial charge on any atom is 0.0487 e. The van der Waals surface area contributed by atoms with Gasteiger partial charge in [0.25, 0.3) is 0 Å². The minimum Gasteiger partial charge on any atom is -0.321 e. The predicted octanol–water partition coefficient (Wildman–Crippen LogP) is 2.07. The van der Waals surface area contributed by atoms with Gasteiger partial charge < -0.3 is 5.73 Å². The fourth-order valence-corrected chi connectivity index (χ4v) is 1.86. The Morgan fingerprint density at radius 2 is 2.25 bits per heavy atom. The fraction of sp³-hybridized carbons (Fsp3) is 0.444. The van der Waals surface area contributed by atoms with Crippen molar-refractivity contribution in [2.24, 2.45) is 5.73 Å². The van der Waals surface area contributed by atoms with Crippen molar-refractivity contribution in [1.82, 2.24) is 4.98 Å². The van der Waals surface area contributed by atoms with Crippen LogP contribution in [-0.2, 0) is 5.54 Å². The predicted molar refractivity (Wildman–Crippen MR) is 49.0 cm³/mol. The molecule has 0 atom stereocenters. The first kappa shape index (κ1) is 8.02. The standard InChI is InChI=1S/C9H11ClN2/c10-8-2-5-12-6-7(8)9(11)3-1-4-9/h2,5-6H,1,3-4,11H2. The van der Waals surface area contributed by atoms with Gasteiger partial charge in [-0.05, 0) is 25.3 Å². The van der Waals surface area contributed by atoms with E-state index in [1.54, 1.807) is 18.5 Å². The van der Waals surface area contributed by atoms with E-state index in [0.717, 1.165) is 23.4 Å². The van der Waals surface area contributed by atoms with Crippen LogP contribution in [0.4, 0.5) is 0 Å². The fourth-order valence-electron chi connectivity index (χ4n) is 1.57. The molecule has 1 saturated carbocycles. The van der Waals surface area contributed by atoms with Crippen molar-refractivity contribution < 1.29 is 0 Å². The van der Waals surface area contributed by atoms with E-state index in [4.69, 9.17) is 17.3 Å². The average Bonchev–Trinajstić information content (AvgIpc) is 2.01. The van der Waals surface area contributed by atoms with Crippen molar-refractivity contribution in [3.05, 3.63) is 29.0 Å². The minimum absolute atomic E-state index is 0.189. The van der Waals surface area contributed by atoms with Gasteiger partial charge in [-0.3, -0.25) is 4.98 Å². The van der Waals surface area contributed by atoms with Gasteiger partial charge in [-0.1, -0.05) is 11.6 Å². The highest BCUT2D eigenvalue weighted by molar-refractivity contribution is 6.31. The lowest BCUT2D eigenvalue weighted by Gasteiger charge is -2.38. The molecule has 3 heteroatoms. The summed E-state index contributed by atoms with van der Waals surface area (Å²) in [5.74, 6) is 0. The van der Waals surface area contributed by atoms with Crippen molar-refractivity contribution in [3.8, 4) is 0 Å². The molecule has 64 valence electrons. The van der Waals surface area contributed by atoms with Crippen LogP contribution in [0.2, 0.25) is 5.02 Å². The van der Waals surface area contributed by atoms with Gasteiger partial charge in [-0.25, -0.2) is 0 Å². The Labute approximate surface area is 76.7 Å². The third-order valence-electron chi connectivity index (χ3n) is 2.55. The second-order valence-electron chi connectivity index (χ2n) is 3.37. The summed E-state index contributed by atoms with van der Waals surface area (Å²) in [5, 5.41) is 0.743. The normalized spacial score (nSPS) is 20.2. The van der Waals surface area contributed by atoms with E-state index in [1.807, 2.05) is 0 Å². The van der Waals surface area contributed by atoms with Crippen molar-refractivity contribution in [3.63, 3.8) is 0 Å². The van der Waals surface area contributed by atoms with Crippen LogP contribution in [0.5, 0.6) is 0 Å². The maximum absolute atomic E-state index is 6.10. The molecule has 1 fully saturated rings. The summed E-state index contributed by atoms with van der Waals surface area (Å²) in [7, 11) is 0. The van der Waals surface area contributed by atoms with Crippen molar-refractivity contribution in [2.75, 3.05) is 0 Å². The van der Waals surface area contributed by atoms with Gasteiger partial charge >= 0.3 is 0 Å². The first-order chi connectivity index (χ1) is 5.72. The number of hydrogen-bond acceptors (Lipinski definition) is 2. The van der Waals surface area contributed by atoms with Crippen LogP contribution < -0.4 is 5.73 Å². The van der Waals surface area contributed by atoms with Crippen LogP contribution in [0.15, 0.2) is 18.5 Å². The van der Waals surface area contributed by atoms with Crippen molar-refractivity contribution in [1.29, 1.82) is 0 Å². The molecular weight excluding hydrogens is 172 g/mol. The SMILES string of the molecule is NC1(c2cnccc2Cl)CCC1. The second-order valence-corrected chi connectivity index (χ2v) is 3.77. The number of aromatic nitrogens is 1. The van der Waals surface area contributed by atoms with Crippen LogP contribution in [0.1, 0.15) is 24.8 Å². The van der Waals surface area contributed by atoms with E-state index in [2.05, 4.69) is 4.98 Å². The van der Waals surface area contributed by atoms with Crippen LogP contribution in [0, 0.1) is 0 Å². The van der Waals surface area contributed by atoms with Gasteiger partial charge in [0.05, 0.1) is 0 Å². The lowest BCUT2D eigenvalue weighted by Crippen LogP contribution is -2.43. The Morgan fingerprint density at radius 1 is 1.50 bits per heavy atom. The zero-order valence-corrected chi connectivity index (χ0v) is 7.51. The molecule has 0 spiro atoms. The van der Waals surface area contributed by atoms with Gasteiger partial charge in [-0.15, -0.1) is 0 Å². The summed E-state index contributed by atoms with van der Waals surface area (Å²) in [6, 6.07) is 1.80. The first-order valence-electron chi connectivity index (χ1n) is 4.11. The summed E-state index contributed by atoms with van der Waals surface area (Å²) in [6.07, 6.45) is 6.72. The molecule has 2 rings (SSSR count). The number of nitrogens with zero attached hydrogens (tertiary/aromatic N) is 1. The monoisotopic (exact) mass is 182 g/mol. The second kappa shape index (κ2) is 2.71. The van der Waals surface area contributed by atoms with E-state index in [0.29, 0.717) is 0 Å². The number of pyridine rings is 1. The lowest BCUT2D eigenvalue weighted by atomic mass is 9.73. The average molecular weight is 183 g/mol. The third-order valence-corrected chi connectivity index (χ3v) is 2.88. The zero-order valence-electron chi connectivity index (χ0n) is 6.76. The Morgan fingerprint density at radius 3 is 2.75 bits per heavy atom. The Kier molecular flexibility index (Phi) is 1.81. The molecule has 0 saturated heterocycles. The van der Waals surface area contributed by atoms with Gasteiger partial charge in [-0.2, -0.15) is 0 Å². The van der Waals surface area contributed by atoms with Gasteiger partial charge in [0.2, 0.25) is 0 Å². The van der Waals surface area contributed by atoms with E-state index >= 15 is 0 Å². The lowest BCUT2D eigenvalue weighted by molar-refractivity contribution is 0.253. The molecule has 0 unspecified atom stereocenters. The van der Waals surface area contributed by atoms with E-state index < -0.39 is 0 Å². The van der Waals surface area contributed by atoms with Crippen molar-refractivity contribution >= 4 is 11.6 Å². The summed E-state index contributed by atoms with van der Waals surface area (Å²) >= 11 is 6.00. The van der Waals surface area contributed by atoms with E-state index in [1.165, 1.54) is 6.42 Å². The molecule has 12 heavy (non-hydrogen) atoms. The molecule has 0 aliphatic heterocycles. The Bertz CT molecular complexity index is 294. The molecule has 0 bridgehead atoms. The summed E-state index contributed by atoms with van der Waals surface area (Å²) < 4.78 is 0. The van der Waals surface area contributed by atoms with Crippen molar-refractivity contribution in [2.45, 2.75) is 24.8 Å². The third kappa shape index (κ3) is 1.11. The van der Waals surface area contributed by atoms with Crippen LogP contribution in [-0.4, -0.2) is 4.98 Å². The molecule has 0 aromatic carbocycles. The summed E-state index contributed by atoms with van der Waals surface area (Å²) in [4.78, 5) is 4.03. The molecule has 2 nitrogen and oxygen atoms in total. The molecule has 1 aliphatic rings. The molecular formula is C9H11ClN2. The van der Waals surface area contributed by atoms with E-state index in [9.17, 15) is 0 Å². The number of rotatable bonds is 1. The number of halogens is 1. The molecule has 1 aliphatic carbocycles. The molecule has 2 N–H and O–H groups in total. The van der Waals surface area contributed by atoms with Crippen LogP contribution in [0.3, 0.4) is 0 Å². The maximum atomic E-state index is 6.10. The van der Waals surface area contributed by atoms with E-state index in [-0.39, 0.29) is 5.54 Å². The molecule has 1 aromatic rings. The molecule has 1 heterocycles. The minimum atomic E-state index is -0.189. The van der Waals surface area contributed by atoms with Gasteiger partial charge in [0.15, 0.2) is 0 Å². The highest BCUT2D eigenvalue weighted by Crippen LogP contribution is 2.40. The van der Waals surface area contributed by atoms with Gasteiger partial charge in [0.1, 0.15) is 0 Å². The Hall–Kier alpha value is -0.600. The smallest absolute Gasteiger partial charge is 0.0487 e. The quantitative estimate of drug-likeness (QED) is 0.722. The zero-order chi connectivity index (χ0) is 8.60. The number of hydrogen-bond donors (Lipinski definition) is 1. The summed E-state index contributed by atoms with van der Waals surface area (Å²) in [6.45, 7) is 0. The highest BCUT2D eigenvalue weighted by Gasteiger charge is 2.35. The van der Waals surface area contributed by atoms with Gasteiger partial charge in [0, 0.05) is 28.5 Å². The first-order valence-corrected chi connectivity index (χ1v) is 4.49. The number of nitrogens with two attached hydrogens (primary N) is 1. The van der Waals surface area contributed by atoms with Crippen LogP contribution >= 0.6 is 11.6 Å².